The summed E-state index contributed by atoms with van der Waals surface area (Å²) in [4.78, 5) is 0. The van der Waals surface area contributed by atoms with E-state index in [1.165, 1.54) is 121 Å². The van der Waals surface area contributed by atoms with Crippen LogP contribution in [0.3, 0.4) is 0 Å². The zero-order valence-electron chi connectivity index (χ0n) is 31.8. The van der Waals surface area contributed by atoms with Crippen LogP contribution in [0.5, 0.6) is 0 Å². The van der Waals surface area contributed by atoms with Crippen LogP contribution in [0.1, 0.15) is 0 Å². The zero-order chi connectivity index (χ0) is 38.2. The average Bonchev–Trinajstić information content (AvgIpc) is 3.63. The minimum absolute atomic E-state index is 1.22. The minimum Gasteiger partial charge on any atom is -0.0622 e. The van der Waals surface area contributed by atoms with Crippen LogP contribution < -0.4 is 0 Å². The molecule has 0 bridgehead atoms. The van der Waals surface area contributed by atoms with Crippen LogP contribution in [0.2, 0.25) is 0 Å². The number of rotatable bonds is 5. The maximum atomic E-state index is 2.37. The smallest absolute Gasteiger partial charge is 0.000719 e. The average molecular weight is 733 g/mol. The van der Waals surface area contributed by atoms with Gasteiger partial charge in [-0.15, -0.1) is 0 Å². The molecule has 11 aromatic rings. The molecule has 0 radical (unpaired) electrons. The highest BCUT2D eigenvalue weighted by Crippen LogP contribution is 2.59. The van der Waals surface area contributed by atoms with Crippen LogP contribution >= 0.6 is 0 Å². The normalized spacial score (nSPS) is 11.8. The van der Waals surface area contributed by atoms with E-state index in [1.54, 1.807) is 0 Å². The molecule has 0 aromatic heterocycles. The Kier molecular flexibility index (Phi) is 7.33. The van der Waals surface area contributed by atoms with Gasteiger partial charge >= 0.3 is 0 Å². The Balaban J connectivity index is 1.33. The fraction of sp³-hybridized carbons (Fsp3) is 0. The quantitative estimate of drug-likeness (QED) is 0.155. The lowest BCUT2D eigenvalue weighted by molar-refractivity contribution is 1.61. The van der Waals surface area contributed by atoms with Gasteiger partial charge in [0.1, 0.15) is 0 Å². The van der Waals surface area contributed by atoms with Gasteiger partial charge in [0.15, 0.2) is 0 Å². The van der Waals surface area contributed by atoms with Crippen molar-refractivity contribution in [2.45, 2.75) is 0 Å². The van der Waals surface area contributed by atoms with Crippen molar-refractivity contribution in [3.05, 3.63) is 218 Å². The number of hydrogen-bond acceptors (Lipinski definition) is 0. The molecule has 0 aliphatic heterocycles. The molecular formula is C58H36. The van der Waals surface area contributed by atoms with Gasteiger partial charge < -0.3 is 0 Å². The van der Waals surface area contributed by atoms with E-state index in [9.17, 15) is 0 Å². The third-order valence-corrected chi connectivity index (χ3v) is 12.4. The SMILES string of the molecule is c1ccc(-c2c3c(c(-c4ccccc4)c4c(-c5cccc6c(-c7ccccc7)c7ccccc7c(-c7ccccc7)c56)cccc24)-c2cccc4cccc-3c24)cc1. The molecule has 1 aliphatic rings. The Hall–Kier alpha value is -7.54. The summed E-state index contributed by atoms with van der Waals surface area (Å²) in [6, 6.07) is 80.8. The number of hydrogen-bond donors (Lipinski definition) is 0. The highest BCUT2D eigenvalue weighted by Gasteiger charge is 2.32. The van der Waals surface area contributed by atoms with Crippen molar-refractivity contribution in [1.29, 1.82) is 0 Å². The van der Waals surface area contributed by atoms with E-state index in [4.69, 9.17) is 0 Å². The lowest BCUT2D eigenvalue weighted by Gasteiger charge is -2.24. The van der Waals surface area contributed by atoms with E-state index < -0.39 is 0 Å². The molecule has 58 heavy (non-hydrogen) atoms. The topological polar surface area (TPSA) is 0 Å². The predicted molar refractivity (Wildman–Crippen MR) is 248 cm³/mol. The van der Waals surface area contributed by atoms with Gasteiger partial charge in [-0.25, -0.2) is 0 Å². The lowest BCUT2D eigenvalue weighted by Crippen LogP contribution is -1.97. The molecule has 0 N–H and O–H groups in total. The van der Waals surface area contributed by atoms with E-state index in [0.717, 1.165) is 0 Å². The molecule has 0 fully saturated rings. The van der Waals surface area contributed by atoms with Crippen LogP contribution in [0.15, 0.2) is 218 Å². The van der Waals surface area contributed by atoms with Gasteiger partial charge in [-0.3, -0.25) is 0 Å². The first-order valence-electron chi connectivity index (χ1n) is 20.2. The lowest BCUT2D eigenvalue weighted by atomic mass is 9.78. The summed E-state index contributed by atoms with van der Waals surface area (Å²) in [6.07, 6.45) is 0. The molecule has 0 saturated carbocycles. The molecule has 11 aromatic carbocycles. The van der Waals surface area contributed by atoms with Gasteiger partial charge in [-0.05, 0) is 121 Å². The summed E-state index contributed by atoms with van der Waals surface area (Å²) in [6.45, 7) is 0. The fourth-order valence-electron chi connectivity index (χ4n) is 10.1. The molecule has 12 rings (SSSR count). The van der Waals surface area contributed by atoms with Crippen molar-refractivity contribution in [1.82, 2.24) is 0 Å². The molecule has 268 valence electrons. The standard InChI is InChI=1S/C58H36/c1-5-19-37(20-6-1)50-42-29-13-14-30-43(42)52(39-21-7-2-8-22-39)55-44(31-17-35-46(50)55)45-32-18-36-49-53(40-23-9-3-10-24-40)57-47-33-15-27-38-28-16-34-48(51(38)47)58(57)54(56(45)49)41-25-11-4-12-26-41/h1-36H. The van der Waals surface area contributed by atoms with Gasteiger partial charge in [0.2, 0.25) is 0 Å². The Morgan fingerprint density at radius 2 is 0.517 bits per heavy atom. The maximum Gasteiger partial charge on any atom is -0.000719 e. The van der Waals surface area contributed by atoms with Crippen LogP contribution in [-0.2, 0) is 0 Å². The highest BCUT2D eigenvalue weighted by atomic mass is 14.3. The minimum atomic E-state index is 1.22. The second-order valence-corrected chi connectivity index (χ2v) is 15.4. The van der Waals surface area contributed by atoms with Gasteiger partial charge in [-0.2, -0.15) is 0 Å². The van der Waals surface area contributed by atoms with Crippen LogP contribution in [0.25, 0.3) is 121 Å². The summed E-state index contributed by atoms with van der Waals surface area (Å²) >= 11 is 0. The monoisotopic (exact) mass is 732 g/mol. The van der Waals surface area contributed by atoms with Gasteiger partial charge in [0, 0.05) is 0 Å². The molecule has 1 aliphatic carbocycles. The molecule has 0 heterocycles. The summed E-state index contributed by atoms with van der Waals surface area (Å²) in [5.41, 5.74) is 17.7. The number of fused-ring (bicyclic) bond motifs is 6. The van der Waals surface area contributed by atoms with E-state index in [1.807, 2.05) is 0 Å². The fourth-order valence-corrected chi connectivity index (χ4v) is 10.1. The van der Waals surface area contributed by atoms with Gasteiger partial charge in [-0.1, -0.05) is 218 Å². The van der Waals surface area contributed by atoms with E-state index in [-0.39, 0.29) is 0 Å². The van der Waals surface area contributed by atoms with Gasteiger partial charge in [0.25, 0.3) is 0 Å². The Bertz CT molecular complexity index is 3390. The Morgan fingerprint density at radius 3 is 1.05 bits per heavy atom. The second kappa shape index (κ2) is 13.0. The third kappa shape index (κ3) is 4.76. The largest absolute Gasteiger partial charge is 0.0622 e. The molecule has 0 atom stereocenters. The Morgan fingerprint density at radius 1 is 0.172 bits per heavy atom. The summed E-state index contributed by atoms with van der Waals surface area (Å²) in [7, 11) is 0. The first kappa shape index (κ1) is 32.7. The van der Waals surface area contributed by atoms with E-state index in [2.05, 4.69) is 218 Å². The predicted octanol–water partition coefficient (Wildman–Crippen LogP) is 16.3. The number of benzene rings is 11. The highest BCUT2D eigenvalue weighted by molar-refractivity contribution is 6.31. The van der Waals surface area contributed by atoms with E-state index in [0.29, 0.717) is 0 Å². The first-order chi connectivity index (χ1) is 28.8. The molecule has 0 nitrogen and oxygen atoms in total. The zero-order valence-corrected chi connectivity index (χ0v) is 31.8. The summed E-state index contributed by atoms with van der Waals surface area (Å²) in [5, 5.41) is 10.2. The summed E-state index contributed by atoms with van der Waals surface area (Å²) in [5.74, 6) is 0. The first-order valence-corrected chi connectivity index (χ1v) is 20.2. The van der Waals surface area contributed by atoms with Crippen molar-refractivity contribution in [2.75, 3.05) is 0 Å². The molecule has 0 unspecified atom stereocenters. The van der Waals surface area contributed by atoms with Crippen molar-refractivity contribution < 1.29 is 0 Å². The van der Waals surface area contributed by atoms with Crippen LogP contribution in [0.4, 0.5) is 0 Å². The van der Waals surface area contributed by atoms with Crippen molar-refractivity contribution in [3.8, 4) is 77.9 Å². The summed E-state index contributed by atoms with van der Waals surface area (Å²) < 4.78 is 0. The molecular weight excluding hydrogens is 697 g/mol. The third-order valence-electron chi connectivity index (χ3n) is 12.4. The molecule has 0 amide bonds. The Labute approximate surface area is 337 Å². The maximum absolute atomic E-state index is 2.37. The second-order valence-electron chi connectivity index (χ2n) is 15.4. The van der Waals surface area contributed by atoms with Crippen molar-refractivity contribution >= 4 is 43.1 Å². The van der Waals surface area contributed by atoms with E-state index >= 15 is 0 Å². The molecule has 0 spiro atoms. The van der Waals surface area contributed by atoms with Crippen molar-refractivity contribution in [3.63, 3.8) is 0 Å². The van der Waals surface area contributed by atoms with Crippen LogP contribution in [-0.4, -0.2) is 0 Å². The van der Waals surface area contributed by atoms with Gasteiger partial charge in [0.05, 0.1) is 0 Å². The molecule has 0 saturated heterocycles. The van der Waals surface area contributed by atoms with Crippen LogP contribution in [0, 0.1) is 0 Å². The van der Waals surface area contributed by atoms with Crippen molar-refractivity contribution in [2.24, 2.45) is 0 Å². The molecule has 0 heteroatoms.